The molecule has 0 atom stereocenters. The number of ether oxygens (including phenoxy) is 1. The van der Waals surface area contributed by atoms with Crippen molar-refractivity contribution in [2.45, 2.75) is 24.7 Å². The molecule has 1 fully saturated rings. The summed E-state index contributed by atoms with van der Waals surface area (Å²) in [5.74, 6) is -0.213. The second-order valence-electron chi connectivity index (χ2n) is 7.42. The highest BCUT2D eigenvalue weighted by Gasteiger charge is 2.34. The van der Waals surface area contributed by atoms with Gasteiger partial charge in [0.05, 0.1) is 36.6 Å². The molecule has 1 aliphatic heterocycles. The predicted octanol–water partition coefficient (Wildman–Crippen LogP) is 3.45. The van der Waals surface area contributed by atoms with Gasteiger partial charge in [0.25, 0.3) is 0 Å². The third kappa shape index (κ3) is 3.77. The van der Waals surface area contributed by atoms with Crippen LogP contribution >= 0.6 is 0 Å². The topological polar surface area (TPSA) is 73.7 Å². The maximum Gasteiger partial charge on any atom is 0.123 e. The van der Waals surface area contributed by atoms with Gasteiger partial charge in [-0.3, -0.25) is 5.10 Å². The Morgan fingerprint density at radius 3 is 2.71 bits per heavy atom. The Morgan fingerprint density at radius 2 is 1.96 bits per heavy atom. The van der Waals surface area contributed by atoms with Gasteiger partial charge in [0.2, 0.25) is 0 Å². The van der Waals surface area contributed by atoms with E-state index in [4.69, 9.17) is 4.74 Å². The summed E-state index contributed by atoms with van der Waals surface area (Å²) in [6.45, 7) is 3.02. The van der Waals surface area contributed by atoms with Crippen molar-refractivity contribution in [2.24, 2.45) is 0 Å². The van der Waals surface area contributed by atoms with Gasteiger partial charge in [0, 0.05) is 10.8 Å². The Hall–Kier alpha value is -2.75. The number of halogens is 1. The van der Waals surface area contributed by atoms with Gasteiger partial charge in [-0.2, -0.15) is 10.4 Å². The number of aromatic nitrogens is 2. The van der Waals surface area contributed by atoms with E-state index in [9.17, 15) is 9.65 Å². The van der Waals surface area contributed by atoms with Crippen molar-refractivity contribution in [3.8, 4) is 6.07 Å². The van der Waals surface area contributed by atoms with E-state index in [-0.39, 0.29) is 11.2 Å². The molecule has 0 radical (unpaired) electrons. The van der Waals surface area contributed by atoms with E-state index >= 15 is 0 Å². The Kier molecular flexibility index (Phi) is 5.38. The Bertz CT molecular complexity index is 984. The van der Waals surface area contributed by atoms with Crippen LogP contribution in [0.1, 0.15) is 29.5 Å². The molecular weight excluding hydrogens is 355 g/mol. The Labute approximate surface area is 163 Å². The zero-order chi connectivity index (χ0) is 19.4. The first-order valence-electron chi connectivity index (χ1n) is 9.61. The number of piperidine rings is 1. The fraction of sp³-hybridized carbons (Fsp3) is 0.364. The lowest BCUT2D eigenvalue weighted by molar-refractivity contribution is 0.0691. The first-order chi connectivity index (χ1) is 13.7. The highest BCUT2D eigenvalue weighted by molar-refractivity contribution is 5.82. The fourth-order valence-electron chi connectivity index (χ4n) is 4.07. The third-order valence-corrected chi connectivity index (χ3v) is 5.67. The van der Waals surface area contributed by atoms with E-state index in [1.807, 2.05) is 24.3 Å². The summed E-state index contributed by atoms with van der Waals surface area (Å²) in [7, 11) is 0. The molecule has 0 unspecified atom stereocenters. The van der Waals surface area contributed by atoms with Crippen LogP contribution in [0.15, 0.2) is 42.6 Å². The minimum Gasteiger partial charge on any atom is -0.380 e. The van der Waals surface area contributed by atoms with Gasteiger partial charge >= 0.3 is 0 Å². The molecule has 4 rings (SSSR count). The molecule has 0 aliphatic carbocycles. The Morgan fingerprint density at radius 1 is 1.18 bits per heavy atom. The minimum atomic E-state index is -0.213. The molecule has 2 N–H and O–H groups in total. The quantitative estimate of drug-likeness (QED) is 0.645. The standard InChI is InChI=1S/C22H23FN4O/c23-20-3-1-19(2-4-20)22(6-8-25-9-7-22)15-28-10-5-17-11-16(13-24)12-18-14-26-27-21(17)18/h1-4,11-12,14,25H,5-10,15H2,(H,26,27). The van der Waals surface area contributed by atoms with Crippen molar-refractivity contribution in [3.05, 3.63) is 65.1 Å². The van der Waals surface area contributed by atoms with Gasteiger partial charge < -0.3 is 10.1 Å². The number of hydrogen-bond acceptors (Lipinski definition) is 4. The number of hydrogen-bond donors (Lipinski definition) is 2. The van der Waals surface area contributed by atoms with E-state index in [1.54, 1.807) is 6.20 Å². The molecule has 28 heavy (non-hydrogen) atoms. The highest BCUT2D eigenvalue weighted by atomic mass is 19.1. The van der Waals surface area contributed by atoms with Crippen LogP contribution in [-0.2, 0) is 16.6 Å². The SMILES string of the molecule is N#Cc1cc(CCOCC2(c3ccc(F)cc3)CCNCC2)c2[nH]ncc2c1. The monoisotopic (exact) mass is 378 g/mol. The summed E-state index contributed by atoms with van der Waals surface area (Å²) in [4.78, 5) is 0. The second kappa shape index (κ2) is 8.09. The van der Waals surface area contributed by atoms with Crippen molar-refractivity contribution in [1.29, 1.82) is 5.26 Å². The zero-order valence-corrected chi connectivity index (χ0v) is 15.7. The van der Waals surface area contributed by atoms with Gasteiger partial charge in [-0.1, -0.05) is 12.1 Å². The van der Waals surface area contributed by atoms with Crippen molar-refractivity contribution in [1.82, 2.24) is 15.5 Å². The zero-order valence-electron chi connectivity index (χ0n) is 15.7. The maximum absolute atomic E-state index is 13.4. The number of benzene rings is 2. The largest absolute Gasteiger partial charge is 0.380 e. The lowest BCUT2D eigenvalue weighted by Gasteiger charge is -2.38. The number of nitrogens with zero attached hydrogens (tertiary/aromatic N) is 2. The van der Waals surface area contributed by atoms with E-state index in [2.05, 4.69) is 21.6 Å². The average Bonchev–Trinajstić information content (AvgIpc) is 3.21. The van der Waals surface area contributed by atoms with Crippen LogP contribution in [0.4, 0.5) is 4.39 Å². The van der Waals surface area contributed by atoms with Gasteiger partial charge in [-0.05, 0) is 67.7 Å². The van der Waals surface area contributed by atoms with E-state index in [0.29, 0.717) is 25.2 Å². The summed E-state index contributed by atoms with van der Waals surface area (Å²) in [5.41, 5.74) is 3.67. The van der Waals surface area contributed by atoms with Crippen molar-refractivity contribution in [2.75, 3.05) is 26.3 Å². The van der Waals surface area contributed by atoms with Crippen LogP contribution in [0.2, 0.25) is 0 Å². The molecule has 1 aromatic heterocycles. The van der Waals surface area contributed by atoms with Crippen LogP contribution in [0.5, 0.6) is 0 Å². The predicted molar refractivity (Wildman–Crippen MR) is 106 cm³/mol. The molecular formula is C22H23FN4O. The summed E-state index contributed by atoms with van der Waals surface area (Å²) < 4.78 is 19.5. The molecule has 0 saturated carbocycles. The molecule has 2 aromatic carbocycles. The summed E-state index contributed by atoms with van der Waals surface area (Å²) in [5, 5.41) is 20.7. The van der Waals surface area contributed by atoms with Crippen LogP contribution in [0.25, 0.3) is 10.9 Å². The van der Waals surface area contributed by atoms with Crippen molar-refractivity contribution in [3.63, 3.8) is 0 Å². The molecule has 5 nitrogen and oxygen atoms in total. The van der Waals surface area contributed by atoms with Crippen LogP contribution in [0, 0.1) is 17.1 Å². The molecule has 0 bridgehead atoms. The first kappa shape index (κ1) is 18.6. The van der Waals surface area contributed by atoms with Gasteiger partial charge in [-0.15, -0.1) is 0 Å². The molecule has 3 aromatic rings. The number of aromatic amines is 1. The van der Waals surface area contributed by atoms with Gasteiger partial charge in [0.15, 0.2) is 0 Å². The van der Waals surface area contributed by atoms with Crippen molar-refractivity contribution < 1.29 is 9.13 Å². The van der Waals surface area contributed by atoms with E-state index in [0.717, 1.165) is 48.0 Å². The number of nitriles is 1. The fourth-order valence-corrected chi connectivity index (χ4v) is 4.07. The highest BCUT2D eigenvalue weighted by Crippen LogP contribution is 2.34. The normalized spacial score (nSPS) is 16.1. The molecule has 0 amide bonds. The summed E-state index contributed by atoms with van der Waals surface area (Å²) in [6, 6.07) is 12.8. The first-order valence-corrected chi connectivity index (χ1v) is 9.61. The summed E-state index contributed by atoms with van der Waals surface area (Å²) >= 11 is 0. The maximum atomic E-state index is 13.4. The minimum absolute atomic E-state index is 0.0865. The molecule has 144 valence electrons. The van der Waals surface area contributed by atoms with Gasteiger partial charge in [-0.25, -0.2) is 4.39 Å². The third-order valence-electron chi connectivity index (χ3n) is 5.67. The molecule has 1 saturated heterocycles. The van der Waals surface area contributed by atoms with Crippen molar-refractivity contribution >= 4 is 10.9 Å². The molecule has 2 heterocycles. The molecule has 6 heteroatoms. The number of H-pyrrole nitrogens is 1. The summed E-state index contributed by atoms with van der Waals surface area (Å²) in [6.07, 6.45) is 4.37. The lowest BCUT2D eigenvalue weighted by atomic mass is 9.74. The lowest BCUT2D eigenvalue weighted by Crippen LogP contribution is -2.43. The second-order valence-corrected chi connectivity index (χ2v) is 7.42. The average molecular weight is 378 g/mol. The molecule has 0 spiro atoms. The van der Waals surface area contributed by atoms with E-state index < -0.39 is 0 Å². The van der Waals surface area contributed by atoms with Crippen LogP contribution in [-0.4, -0.2) is 36.5 Å². The number of nitrogens with one attached hydrogen (secondary N) is 2. The molecule has 1 aliphatic rings. The number of fused-ring (bicyclic) bond motifs is 1. The van der Waals surface area contributed by atoms with Crippen LogP contribution < -0.4 is 5.32 Å². The van der Waals surface area contributed by atoms with E-state index in [1.165, 1.54) is 12.1 Å². The smallest absolute Gasteiger partial charge is 0.123 e. The Balaban J connectivity index is 1.45. The number of rotatable bonds is 6. The van der Waals surface area contributed by atoms with Gasteiger partial charge in [0.1, 0.15) is 5.82 Å². The van der Waals surface area contributed by atoms with Crippen LogP contribution in [0.3, 0.4) is 0 Å².